The van der Waals surface area contributed by atoms with Crippen molar-refractivity contribution in [2.75, 3.05) is 19.8 Å². The summed E-state index contributed by atoms with van der Waals surface area (Å²) in [6.45, 7) is 2.81. The number of hydrogen-bond acceptors (Lipinski definition) is 13. The maximum Gasteiger partial charge on any atom is 0.220 e. The van der Waals surface area contributed by atoms with Crippen molar-refractivity contribution in [2.24, 2.45) is 0 Å². The van der Waals surface area contributed by atoms with Gasteiger partial charge in [-0.3, -0.25) is 4.79 Å². The van der Waals surface area contributed by atoms with E-state index in [4.69, 9.17) is 18.9 Å². The molecular weight excluding hydrogens is 1070 g/mol. The maximum atomic E-state index is 13.3. The molecule has 2 saturated heterocycles. The zero-order valence-corrected chi connectivity index (χ0v) is 54.4. The van der Waals surface area contributed by atoms with Crippen LogP contribution >= 0.6 is 0 Å². The predicted octanol–water partition coefficient (Wildman–Crippen LogP) is 14.5. The molecule has 2 heterocycles. The highest BCUT2D eigenvalue weighted by Gasteiger charge is 2.51. The van der Waals surface area contributed by atoms with Gasteiger partial charge in [-0.1, -0.05) is 294 Å². The second-order valence-corrected chi connectivity index (χ2v) is 25.4. The number of carbonyl (C=O) groups excluding carboxylic acids is 1. The minimum atomic E-state index is -1.79. The Morgan fingerprint density at radius 2 is 0.776 bits per heavy atom. The van der Waals surface area contributed by atoms with E-state index in [-0.39, 0.29) is 18.9 Å². The summed E-state index contributed by atoms with van der Waals surface area (Å²) in [6.07, 6.45) is 54.9. The summed E-state index contributed by atoms with van der Waals surface area (Å²) in [4.78, 5) is 13.3. The number of allylic oxidation sites excluding steroid dienone is 5. The summed E-state index contributed by atoms with van der Waals surface area (Å²) in [5.74, 6) is -0.240. The highest BCUT2D eigenvalue weighted by Crippen LogP contribution is 2.30. The molecule has 2 aliphatic heterocycles. The fraction of sp³-hybridized carbons (Fsp3) is 0.901. The van der Waals surface area contributed by atoms with E-state index in [1.54, 1.807) is 6.08 Å². The SMILES string of the molecule is CCCCC/C=C\C/C=C\CCCCCCCCCCCC(=O)NC(COC1OC(CO)C(OC2OC(CO)C(O)C(O)C2O)C(O)C1O)C(O)/C=C/CCCCCCCCCCCCCCCCCCCCCCCCCCCCCCCC. The lowest BCUT2D eigenvalue weighted by Crippen LogP contribution is -2.65. The molecule has 12 unspecified atom stereocenters. The molecule has 0 bridgehead atoms. The Kier molecular flexibility index (Phi) is 52.4. The minimum Gasteiger partial charge on any atom is -0.394 e. The quantitative estimate of drug-likeness (QED) is 0.0204. The van der Waals surface area contributed by atoms with Crippen LogP contribution < -0.4 is 5.32 Å². The van der Waals surface area contributed by atoms with Crippen LogP contribution in [0.5, 0.6) is 0 Å². The van der Waals surface area contributed by atoms with Crippen molar-refractivity contribution in [3.05, 3.63) is 36.5 Å². The standard InChI is InChI=1S/C71H133NO13/c1-3-5-7-9-11-13-15-17-19-21-23-24-25-26-27-28-29-30-31-32-33-34-35-37-38-40-42-44-46-48-50-52-54-60(75)59(72-63(76)55-53-51-49-47-45-43-41-39-36-22-20-18-16-14-12-10-8-6-4-2)58-82-70-68(81)66(79)69(62(57-74)84-70)85-71-67(80)65(78)64(77)61(56-73)83-71/h12,14,18,20,52,54,59-62,64-71,73-75,77-81H,3-11,13,15-17,19,21-51,53,55-58H2,1-2H3,(H,72,76)/b14-12-,20-18-,54-52+. The Labute approximate surface area is 519 Å². The van der Waals surface area contributed by atoms with Gasteiger partial charge in [0.15, 0.2) is 12.6 Å². The average Bonchev–Trinajstić information content (AvgIpc) is 3.69. The van der Waals surface area contributed by atoms with Crippen molar-refractivity contribution in [1.82, 2.24) is 5.32 Å². The van der Waals surface area contributed by atoms with Gasteiger partial charge < -0.3 is 65.1 Å². The second-order valence-electron chi connectivity index (χ2n) is 25.4. The predicted molar refractivity (Wildman–Crippen MR) is 346 cm³/mol. The van der Waals surface area contributed by atoms with E-state index in [1.807, 2.05) is 6.08 Å². The van der Waals surface area contributed by atoms with Crippen LogP contribution in [0.3, 0.4) is 0 Å². The Morgan fingerprint density at radius 1 is 0.424 bits per heavy atom. The van der Waals surface area contributed by atoms with Gasteiger partial charge in [0.05, 0.1) is 32.0 Å². The second kappa shape index (κ2) is 56.2. The van der Waals surface area contributed by atoms with Crippen LogP contribution in [0.4, 0.5) is 0 Å². The monoisotopic (exact) mass is 1210 g/mol. The van der Waals surface area contributed by atoms with Gasteiger partial charge >= 0.3 is 0 Å². The van der Waals surface area contributed by atoms with Gasteiger partial charge in [0.25, 0.3) is 0 Å². The van der Waals surface area contributed by atoms with Crippen molar-refractivity contribution < 1.29 is 64.6 Å². The Morgan fingerprint density at radius 3 is 1.20 bits per heavy atom. The third-order valence-electron chi connectivity index (χ3n) is 17.6. The van der Waals surface area contributed by atoms with Gasteiger partial charge in [-0.2, -0.15) is 0 Å². The average molecular weight is 1210 g/mol. The van der Waals surface area contributed by atoms with Crippen molar-refractivity contribution in [3.63, 3.8) is 0 Å². The molecule has 0 aromatic heterocycles. The van der Waals surface area contributed by atoms with Crippen LogP contribution in [-0.4, -0.2) is 140 Å². The zero-order valence-electron chi connectivity index (χ0n) is 54.4. The first-order valence-electron chi connectivity index (χ1n) is 35.7. The first-order valence-corrected chi connectivity index (χ1v) is 35.7. The first kappa shape index (κ1) is 79.3. The molecular formula is C71H133NO13. The van der Waals surface area contributed by atoms with E-state index >= 15 is 0 Å². The molecule has 500 valence electrons. The number of ether oxygens (including phenoxy) is 4. The molecule has 2 rings (SSSR count). The largest absolute Gasteiger partial charge is 0.394 e. The number of hydrogen-bond donors (Lipinski definition) is 9. The number of aliphatic hydroxyl groups is 8. The smallest absolute Gasteiger partial charge is 0.220 e. The van der Waals surface area contributed by atoms with Crippen molar-refractivity contribution >= 4 is 5.91 Å². The molecule has 2 fully saturated rings. The lowest BCUT2D eigenvalue weighted by molar-refractivity contribution is -0.359. The number of nitrogens with one attached hydrogen (secondary N) is 1. The molecule has 0 aromatic carbocycles. The lowest BCUT2D eigenvalue weighted by atomic mass is 9.97. The summed E-state index contributed by atoms with van der Waals surface area (Å²) < 4.78 is 22.9. The molecule has 14 heteroatoms. The fourth-order valence-electron chi connectivity index (χ4n) is 11.9. The van der Waals surface area contributed by atoms with Crippen LogP contribution in [0.2, 0.25) is 0 Å². The molecule has 12 atom stereocenters. The van der Waals surface area contributed by atoms with Crippen LogP contribution in [0.1, 0.15) is 316 Å². The molecule has 9 N–H and O–H groups in total. The van der Waals surface area contributed by atoms with Gasteiger partial charge in [-0.05, 0) is 51.4 Å². The van der Waals surface area contributed by atoms with Crippen LogP contribution in [0.15, 0.2) is 36.5 Å². The number of unbranched alkanes of at least 4 members (excludes halogenated alkanes) is 42. The van der Waals surface area contributed by atoms with Gasteiger partial charge in [0, 0.05) is 6.42 Å². The molecule has 0 aromatic rings. The normalized spacial score (nSPS) is 23.7. The summed E-state index contributed by atoms with van der Waals surface area (Å²) in [5.41, 5.74) is 0. The van der Waals surface area contributed by atoms with E-state index in [9.17, 15) is 45.6 Å². The Bertz CT molecular complexity index is 1560. The molecule has 0 aliphatic carbocycles. The lowest BCUT2D eigenvalue weighted by Gasteiger charge is -2.46. The van der Waals surface area contributed by atoms with Gasteiger partial charge in [0.1, 0.15) is 48.8 Å². The van der Waals surface area contributed by atoms with E-state index < -0.39 is 86.8 Å². The van der Waals surface area contributed by atoms with Crippen molar-refractivity contribution in [2.45, 2.75) is 389 Å². The van der Waals surface area contributed by atoms with Crippen molar-refractivity contribution in [3.8, 4) is 0 Å². The first-order chi connectivity index (χ1) is 41.6. The third kappa shape index (κ3) is 40.5. The molecule has 85 heavy (non-hydrogen) atoms. The summed E-state index contributed by atoms with van der Waals surface area (Å²) in [5, 5.41) is 87.4. The zero-order chi connectivity index (χ0) is 61.6. The molecule has 0 saturated carbocycles. The Hall–Kier alpha value is -1.79. The van der Waals surface area contributed by atoms with Crippen LogP contribution in [0, 0.1) is 0 Å². The number of aliphatic hydroxyl groups excluding tert-OH is 8. The molecule has 2 aliphatic rings. The van der Waals surface area contributed by atoms with Gasteiger partial charge in [-0.25, -0.2) is 0 Å². The summed E-state index contributed by atoms with van der Waals surface area (Å²) in [6, 6.07) is -0.918. The van der Waals surface area contributed by atoms with Gasteiger partial charge in [-0.15, -0.1) is 0 Å². The molecule has 0 radical (unpaired) electrons. The molecule has 14 nitrogen and oxygen atoms in total. The van der Waals surface area contributed by atoms with Crippen LogP contribution in [0.25, 0.3) is 0 Å². The van der Waals surface area contributed by atoms with Crippen molar-refractivity contribution in [1.29, 1.82) is 0 Å². The highest BCUT2D eigenvalue weighted by molar-refractivity contribution is 5.76. The number of carbonyl (C=O) groups is 1. The maximum absolute atomic E-state index is 13.3. The van der Waals surface area contributed by atoms with E-state index in [0.29, 0.717) is 6.42 Å². The topological polar surface area (TPSA) is 228 Å². The Balaban J connectivity index is 1.65. The number of amides is 1. The number of rotatable bonds is 59. The molecule has 0 spiro atoms. The van der Waals surface area contributed by atoms with E-state index in [2.05, 4.69) is 43.5 Å². The van der Waals surface area contributed by atoms with E-state index in [0.717, 1.165) is 51.4 Å². The summed E-state index contributed by atoms with van der Waals surface area (Å²) >= 11 is 0. The highest BCUT2D eigenvalue weighted by atomic mass is 16.7. The minimum absolute atomic E-state index is 0.240. The van der Waals surface area contributed by atoms with E-state index in [1.165, 1.54) is 238 Å². The third-order valence-corrected chi connectivity index (χ3v) is 17.6. The van der Waals surface area contributed by atoms with Gasteiger partial charge in [0.2, 0.25) is 5.91 Å². The molecule has 1 amide bonds. The van der Waals surface area contributed by atoms with Crippen LogP contribution in [-0.2, 0) is 23.7 Å². The summed E-state index contributed by atoms with van der Waals surface area (Å²) in [7, 11) is 0. The fourth-order valence-corrected chi connectivity index (χ4v) is 11.9.